The van der Waals surface area contributed by atoms with Gasteiger partial charge in [0.15, 0.2) is 6.23 Å². The van der Waals surface area contributed by atoms with E-state index in [-0.39, 0.29) is 35.9 Å². The van der Waals surface area contributed by atoms with Gasteiger partial charge in [-0.15, -0.1) is 0 Å². The third-order valence-corrected chi connectivity index (χ3v) is 8.13. The maximum atomic E-state index is 15.4. The number of fused-ring (bicyclic) bond motifs is 2. The van der Waals surface area contributed by atoms with Crippen molar-refractivity contribution in [2.45, 2.75) is 44.6 Å². The quantitative estimate of drug-likeness (QED) is 0.360. The third-order valence-electron chi connectivity index (χ3n) is 8.13. The van der Waals surface area contributed by atoms with Gasteiger partial charge in [-0.1, -0.05) is 13.0 Å². The molecular weight excluding hydrogens is 518 g/mol. The van der Waals surface area contributed by atoms with E-state index < -0.39 is 24.3 Å². The molecule has 40 heavy (non-hydrogen) atoms. The normalized spacial score (nSPS) is 20.1. The van der Waals surface area contributed by atoms with Gasteiger partial charge in [-0.05, 0) is 54.6 Å². The van der Waals surface area contributed by atoms with Crippen LogP contribution in [0, 0.1) is 5.82 Å². The molecule has 2 aliphatic heterocycles. The average Bonchev–Trinajstić information content (AvgIpc) is 3.75. The fourth-order valence-corrected chi connectivity index (χ4v) is 5.85. The van der Waals surface area contributed by atoms with Crippen molar-refractivity contribution < 1.29 is 28.7 Å². The molecule has 4 N–H and O–H groups in total. The maximum Gasteiger partial charge on any atom is 0.492 e. The zero-order chi connectivity index (χ0) is 28.1. The van der Waals surface area contributed by atoms with Gasteiger partial charge in [-0.3, -0.25) is 9.69 Å². The van der Waals surface area contributed by atoms with Gasteiger partial charge in [0, 0.05) is 50.3 Å². The van der Waals surface area contributed by atoms with Crippen molar-refractivity contribution in [1.29, 1.82) is 0 Å². The summed E-state index contributed by atoms with van der Waals surface area (Å²) in [5.41, 5.74) is 7.24. The Labute approximate surface area is 230 Å². The van der Waals surface area contributed by atoms with Gasteiger partial charge in [0.25, 0.3) is 0 Å². The predicted octanol–water partition coefficient (Wildman–Crippen LogP) is 1.83. The fraction of sp³-hybridized carbons (Fsp3) is 0.429. The summed E-state index contributed by atoms with van der Waals surface area (Å²) < 4.78 is 29.0. The molecule has 2 fully saturated rings. The summed E-state index contributed by atoms with van der Waals surface area (Å²) in [5, 5.41) is 19.8. The molecule has 2 aromatic carbocycles. The Morgan fingerprint density at radius 3 is 2.62 bits per heavy atom. The first-order valence-corrected chi connectivity index (χ1v) is 13.7. The highest BCUT2D eigenvalue weighted by atomic mass is 19.1. The first kappa shape index (κ1) is 26.8. The molecule has 2 atom stereocenters. The van der Waals surface area contributed by atoms with Crippen LogP contribution in [0.4, 0.5) is 10.1 Å². The lowest BCUT2D eigenvalue weighted by Gasteiger charge is -2.40. The van der Waals surface area contributed by atoms with E-state index in [1.54, 1.807) is 12.1 Å². The average molecular weight is 550 g/mol. The van der Waals surface area contributed by atoms with Gasteiger partial charge >= 0.3 is 13.1 Å². The second kappa shape index (κ2) is 10.5. The van der Waals surface area contributed by atoms with Crippen molar-refractivity contribution in [3.63, 3.8) is 0 Å². The number of piperazine rings is 1. The lowest BCUT2D eigenvalue weighted by Crippen LogP contribution is -2.52. The van der Waals surface area contributed by atoms with Crippen LogP contribution in [0.2, 0.25) is 0 Å². The number of carbonyl (C=O) groups is 1. The number of nitrogens with zero attached hydrogens (tertiary/aromatic N) is 3. The highest BCUT2D eigenvalue weighted by molar-refractivity contribution is 6.61. The van der Waals surface area contributed by atoms with Crippen molar-refractivity contribution in [1.82, 2.24) is 9.47 Å². The molecule has 1 saturated carbocycles. The molecule has 12 heteroatoms. The number of carboxylic acids is 1. The molecule has 3 aliphatic rings. The van der Waals surface area contributed by atoms with E-state index in [2.05, 4.69) is 4.90 Å². The van der Waals surface area contributed by atoms with E-state index in [0.717, 1.165) is 24.8 Å². The molecule has 210 valence electrons. The van der Waals surface area contributed by atoms with Crippen LogP contribution >= 0.6 is 0 Å². The van der Waals surface area contributed by atoms with Crippen molar-refractivity contribution in [2.75, 3.05) is 37.6 Å². The van der Waals surface area contributed by atoms with Crippen molar-refractivity contribution in [2.24, 2.45) is 5.73 Å². The minimum absolute atomic E-state index is 0.0915. The Kier molecular flexibility index (Phi) is 7.03. The summed E-state index contributed by atoms with van der Waals surface area (Å²) in [7, 11) is -1.03. The molecule has 1 aliphatic carbocycles. The minimum atomic E-state index is -1.31. The van der Waals surface area contributed by atoms with Crippen LogP contribution in [0.1, 0.15) is 54.3 Å². The molecule has 0 bridgehead atoms. The molecule has 1 unspecified atom stereocenters. The highest BCUT2D eigenvalue weighted by Gasteiger charge is 2.35. The SMILES string of the molecule is CCC(Oc1ccc2c(c1)B(O)O[C@@H]2CN)N1CCN(c2cc3c(cc2F)c(=O)c(C(=O)O)cn3C2CC2)CC1. The summed E-state index contributed by atoms with van der Waals surface area (Å²) in [6.45, 7) is 4.70. The number of anilines is 1. The van der Waals surface area contributed by atoms with Gasteiger partial charge in [0.1, 0.15) is 17.1 Å². The Bertz CT molecular complexity index is 1520. The summed E-state index contributed by atoms with van der Waals surface area (Å²) in [4.78, 5) is 28.6. The smallest absolute Gasteiger partial charge is 0.477 e. The first-order chi connectivity index (χ1) is 19.3. The van der Waals surface area contributed by atoms with E-state index in [0.29, 0.717) is 48.6 Å². The fourth-order valence-electron chi connectivity index (χ4n) is 5.85. The number of hydrogen-bond donors (Lipinski definition) is 3. The number of benzene rings is 2. The van der Waals surface area contributed by atoms with E-state index in [9.17, 15) is 19.7 Å². The number of aromatic nitrogens is 1. The van der Waals surface area contributed by atoms with Gasteiger partial charge in [-0.2, -0.15) is 0 Å². The number of aromatic carboxylic acids is 1. The molecule has 0 spiro atoms. The largest absolute Gasteiger partial charge is 0.492 e. The Hall–Kier alpha value is -3.45. The number of rotatable bonds is 8. The molecule has 3 aromatic rings. The zero-order valence-corrected chi connectivity index (χ0v) is 22.3. The minimum Gasteiger partial charge on any atom is -0.477 e. The monoisotopic (exact) mass is 550 g/mol. The van der Waals surface area contributed by atoms with Crippen LogP contribution in [0.25, 0.3) is 10.9 Å². The Morgan fingerprint density at radius 1 is 1.23 bits per heavy atom. The molecule has 1 saturated heterocycles. The summed E-state index contributed by atoms with van der Waals surface area (Å²) in [5.74, 6) is -1.22. The molecule has 0 amide bonds. The second-order valence-corrected chi connectivity index (χ2v) is 10.6. The van der Waals surface area contributed by atoms with Crippen molar-refractivity contribution in [3.8, 4) is 5.75 Å². The molecule has 10 nitrogen and oxygen atoms in total. The topological polar surface area (TPSA) is 130 Å². The van der Waals surface area contributed by atoms with Crippen LogP contribution < -0.4 is 26.3 Å². The summed E-state index contributed by atoms with van der Waals surface area (Å²) >= 11 is 0. The summed E-state index contributed by atoms with van der Waals surface area (Å²) in [6, 6.07) is 8.53. The molecule has 3 heterocycles. The van der Waals surface area contributed by atoms with Crippen LogP contribution in [0.5, 0.6) is 5.75 Å². The molecule has 0 radical (unpaired) electrons. The lowest BCUT2D eigenvalue weighted by atomic mass is 9.79. The number of carboxylic acid groups (broad SMARTS) is 1. The predicted molar refractivity (Wildman–Crippen MR) is 149 cm³/mol. The van der Waals surface area contributed by atoms with E-state index in [1.165, 1.54) is 12.3 Å². The van der Waals surface area contributed by atoms with Crippen LogP contribution in [0.15, 0.2) is 41.3 Å². The van der Waals surface area contributed by atoms with Gasteiger partial charge < -0.3 is 34.7 Å². The van der Waals surface area contributed by atoms with Crippen LogP contribution in [-0.4, -0.2) is 71.6 Å². The highest BCUT2D eigenvalue weighted by Crippen LogP contribution is 2.38. The number of halogens is 1. The molecule has 1 aromatic heterocycles. The second-order valence-electron chi connectivity index (χ2n) is 10.6. The van der Waals surface area contributed by atoms with E-state index in [4.69, 9.17) is 15.1 Å². The zero-order valence-electron chi connectivity index (χ0n) is 22.3. The number of pyridine rings is 1. The third kappa shape index (κ3) is 4.74. The lowest BCUT2D eigenvalue weighted by molar-refractivity contribution is 0.0185. The number of nitrogens with two attached hydrogens (primary N) is 1. The number of ether oxygens (including phenoxy) is 1. The van der Waals surface area contributed by atoms with E-state index >= 15 is 4.39 Å². The van der Waals surface area contributed by atoms with Crippen molar-refractivity contribution >= 4 is 35.1 Å². The summed E-state index contributed by atoms with van der Waals surface area (Å²) in [6.07, 6.45) is 3.37. The standard InChI is InChI=1S/C28H32BFN4O6/c1-2-26(39-17-5-6-18-21(11-17)29(38)40-25(18)14-31)33-9-7-32(8-10-33)24-13-23-19(12-22(24)30)27(35)20(28(36)37)15-34(23)16-3-4-16/h5-6,11-13,15-16,25-26,38H,2-4,7-10,14,31H2,1H3,(H,36,37)/t25-,26?/m1/s1. The molecular formula is C28H32BFN4O6. The molecule has 6 rings (SSSR count). The van der Waals surface area contributed by atoms with E-state index in [1.807, 2.05) is 28.5 Å². The van der Waals surface area contributed by atoms with Crippen LogP contribution in [-0.2, 0) is 4.65 Å². The van der Waals surface area contributed by atoms with Gasteiger partial charge in [0.05, 0.1) is 17.3 Å². The van der Waals surface area contributed by atoms with Crippen molar-refractivity contribution in [3.05, 3.63) is 63.7 Å². The van der Waals surface area contributed by atoms with Crippen LogP contribution in [0.3, 0.4) is 0 Å². The Balaban J connectivity index is 1.19. The Morgan fingerprint density at radius 2 is 1.98 bits per heavy atom. The van der Waals surface area contributed by atoms with Gasteiger partial charge in [0.2, 0.25) is 5.43 Å². The maximum absolute atomic E-state index is 15.4. The van der Waals surface area contributed by atoms with Gasteiger partial charge in [-0.25, -0.2) is 9.18 Å². The first-order valence-electron chi connectivity index (χ1n) is 13.7. The number of hydrogen-bond acceptors (Lipinski definition) is 8.